The van der Waals surface area contributed by atoms with Crippen LogP contribution in [0.5, 0.6) is 0 Å². The second kappa shape index (κ2) is 7.59. The van der Waals surface area contributed by atoms with E-state index in [2.05, 4.69) is 10.6 Å². The molecule has 5 heteroatoms. The zero-order valence-corrected chi connectivity index (χ0v) is 7.28. The van der Waals surface area contributed by atoms with E-state index in [1.54, 1.807) is 0 Å². The Bertz CT molecular complexity index is 96.6. The first-order valence-electron chi connectivity index (χ1n) is 2.11. The van der Waals surface area contributed by atoms with Gasteiger partial charge in [-0.05, 0) is 0 Å². The summed E-state index contributed by atoms with van der Waals surface area (Å²) in [6.07, 6.45) is 0.461. The summed E-state index contributed by atoms with van der Waals surface area (Å²) in [5.74, 6) is -0.322. The molecule has 2 amide bonds. The van der Waals surface area contributed by atoms with Crippen molar-refractivity contribution in [1.29, 1.82) is 0 Å². The van der Waals surface area contributed by atoms with Crippen molar-refractivity contribution in [2.45, 2.75) is 0 Å². The van der Waals surface area contributed by atoms with E-state index < -0.39 is 0 Å². The van der Waals surface area contributed by atoms with Crippen molar-refractivity contribution < 1.29 is 29.7 Å². The molecule has 4 nitrogen and oxygen atoms in total. The summed E-state index contributed by atoms with van der Waals surface area (Å²) in [6, 6.07) is 0. The van der Waals surface area contributed by atoms with Gasteiger partial charge in [0.25, 0.3) is 0 Å². The molecule has 0 spiro atoms. The minimum absolute atomic E-state index is 0. The molecule has 0 aromatic heterocycles. The molecule has 0 heterocycles. The van der Waals surface area contributed by atoms with E-state index in [1.165, 1.54) is 7.05 Å². The Morgan fingerprint density at radius 3 is 2.67 bits per heavy atom. The van der Waals surface area contributed by atoms with Gasteiger partial charge < -0.3 is 15.4 Å². The number of amides is 2. The fourth-order valence-electron chi connectivity index (χ4n) is 0.208. The first kappa shape index (κ1) is 11.4. The minimum atomic E-state index is -0.322. The van der Waals surface area contributed by atoms with Crippen LogP contribution in [0.25, 0.3) is 5.32 Å². The Morgan fingerprint density at radius 2 is 2.33 bits per heavy atom. The summed E-state index contributed by atoms with van der Waals surface area (Å²) in [5, 5.41) is 5.44. The van der Waals surface area contributed by atoms with Crippen LogP contribution in [0.2, 0.25) is 0 Å². The number of nitrogens with zero attached hydrogens (tertiary/aromatic N) is 1. The van der Waals surface area contributed by atoms with Gasteiger partial charge in [0.05, 0.1) is 12.5 Å². The molecule has 1 radical (unpaired) electrons. The SMILES string of the molecule is C[N-]C(=O)CNC=O.[Ir]. The van der Waals surface area contributed by atoms with Crippen LogP contribution in [0.15, 0.2) is 0 Å². The van der Waals surface area contributed by atoms with Crippen molar-refractivity contribution in [1.82, 2.24) is 5.32 Å². The van der Waals surface area contributed by atoms with Crippen LogP contribution in [0.1, 0.15) is 0 Å². The molecule has 0 saturated heterocycles. The van der Waals surface area contributed by atoms with Crippen LogP contribution in [0.4, 0.5) is 0 Å². The molecule has 0 aromatic rings. The smallest absolute Gasteiger partial charge is 0.207 e. The minimum Gasteiger partial charge on any atom is -0.654 e. The summed E-state index contributed by atoms with van der Waals surface area (Å²) < 4.78 is 0. The molecular weight excluding hydrogens is 300 g/mol. The average molecular weight is 307 g/mol. The summed E-state index contributed by atoms with van der Waals surface area (Å²) in [4.78, 5) is 19.7. The number of hydrogen-bond acceptors (Lipinski definition) is 2. The molecule has 0 aliphatic carbocycles. The van der Waals surface area contributed by atoms with Gasteiger partial charge in [-0.3, -0.25) is 4.79 Å². The Labute approximate surface area is 66.7 Å². The van der Waals surface area contributed by atoms with Crippen LogP contribution in [-0.2, 0) is 29.7 Å². The van der Waals surface area contributed by atoms with E-state index in [0.29, 0.717) is 6.41 Å². The van der Waals surface area contributed by atoms with Crippen molar-refractivity contribution in [2.24, 2.45) is 0 Å². The number of nitrogens with one attached hydrogen (secondary N) is 1. The van der Waals surface area contributed by atoms with Crippen LogP contribution in [0.3, 0.4) is 0 Å². The van der Waals surface area contributed by atoms with Crippen molar-refractivity contribution >= 4 is 12.3 Å². The van der Waals surface area contributed by atoms with E-state index in [9.17, 15) is 9.59 Å². The first-order chi connectivity index (χ1) is 3.81. The Kier molecular flexibility index (Phi) is 9.61. The van der Waals surface area contributed by atoms with Crippen LogP contribution < -0.4 is 5.32 Å². The molecule has 0 aliphatic rings. The van der Waals surface area contributed by atoms with Crippen LogP contribution in [0, 0.1) is 0 Å². The Hall–Kier alpha value is -0.411. The fraction of sp³-hybridized carbons (Fsp3) is 0.500. The van der Waals surface area contributed by atoms with E-state index >= 15 is 0 Å². The zero-order chi connectivity index (χ0) is 6.41. The molecule has 0 unspecified atom stereocenters. The van der Waals surface area contributed by atoms with Crippen LogP contribution in [-0.4, -0.2) is 25.9 Å². The van der Waals surface area contributed by atoms with Gasteiger partial charge in [0.1, 0.15) is 0 Å². The largest absolute Gasteiger partial charge is 0.654 e. The van der Waals surface area contributed by atoms with Gasteiger partial charge in [-0.15, -0.1) is 7.05 Å². The van der Waals surface area contributed by atoms with Crippen LogP contribution >= 0.6 is 0 Å². The van der Waals surface area contributed by atoms with E-state index in [0.717, 1.165) is 0 Å². The van der Waals surface area contributed by atoms with E-state index in [4.69, 9.17) is 0 Å². The summed E-state index contributed by atoms with van der Waals surface area (Å²) >= 11 is 0. The number of likely N-dealkylation sites (N-methyl/N-ethyl adjacent to an activating group) is 1. The second-order valence-electron chi connectivity index (χ2n) is 1.12. The van der Waals surface area contributed by atoms with Gasteiger partial charge in [0.15, 0.2) is 0 Å². The van der Waals surface area contributed by atoms with Gasteiger partial charge >= 0.3 is 0 Å². The fourth-order valence-corrected chi connectivity index (χ4v) is 0.208. The molecule has 0 atom stereocenters. The van der Waals surface area contributed by atoms with Gasteiger partial charge in [-0.2, -0.15) is 0 Å². The molecule has 0 fully saturated rings. The molecular formula is C4H7IrN2O2-. The Balaban J connectivity index is 0. The standard InChI is InChI=1S/C4H8N2O2.Ir/c1-5-4(8)2-6-3-7;/h3H,2H2,1H3,(H2,5,6,7,8);/p-1. The third-order valence-electron chi connectivity index (χ3n) is 0.586. The van der Waals surface area contributed by atoms with Gasteiger partial charge in [-0.1, -0.05) is 0 Å². The maximum absolute atomic E-state index is 10.2. The number of carbonyl (C=O) groups excluding carboxylic acids is 2. The van der Waals surface area contributed by atoms with E-state index in [-0.39, 0.29) is 32.6 Å². The van der Waals surface area contributed by atoms with Crippen molar-refractivity contribution in [3.8, 4) is 0 Å². The Morgan fingerprint density at radius 1 is 1.78 bits per heavy atom. The third kappa shape index (κ3) is 7.59. The van der Waals surface area contributed by atoms with E-state index in [1.807, 2.05) is 0 Å². The zero-order valence-electron chi connectivity index (χ0n) is 4.88. The molecule has 9 heavy (non-hydrogen) atoms. The van der Waals surface area contributed by atoms with Crippen molar-refractivity contribution in [3.63, 3.8) is 0 Å². The van der Waals surface area contributed by atoms with Crippen molar-refractivity contribution in [3.05, 3.63) is 5.32 Å². The maximum Gasteiger partial charge on any atom is 0.207 e. The summed E-state index contributed by atoms with van der Waals surface area (Å²) in [6.45, 7) is -0.000000000000000222. The summed E-state index contributed by atoms with van der Waals surface area (Å²) in [7, 11) is 1.38. The second-order valence-corrected chi connectivity index (χ2v) is 1.12. The molecule has 1 N–H and O–H groups in total. The normalized spacial score (nSPS) is 6.78. The van der Waals surface area contributed by atoms with Gasteiger partial charge in [0, 0.05) is 20.1 Å². The number of rotatable bonds is 3. The first-order valence-corrected chi connectivity index (χ1v) is 2.11. The number of carbonyl (C=O) groups is 2. The monoisotopic (exact) mass is 308 g/mol. The predicted molar refractivity (Wildman–Crippen MR) is 28.4 cm³/mol. The van der Waals surface area contributed by atoms with Gasteiger partial charge in [0.2, 0.25) is 6.41 Å². The predicted octanol–water partition coefficient (Wildman–Crippen LogP) is -0.740. The third-order valence-corrected chi connectivity index (χ3v) is 0.586. The molecule has 0 saturated carbocycles. The van der Waals surface area contributed by atoms with Gasteiger partial charge in [-0.25, -0.2) is 0 Å². The molecule has 0 bridgehead atoms. The molecule has 0 aromatic carbocycles. The quantitative estimate of drug-likeness (QED) is 0.698. The topological polar surface area (TPSA) is 60.3 Å². The molecule has 55 valence electrons. The summed E-state index contributed by atoms with van der Waals surface area (Å²) in [5.41, 5.74) is 0. The molecule has 0 aliphatic heterocycles. The average Bonchev–Trinajstić information content (AvgIpc) is 1.83. The maximum atomic E-state index is 10.2. The number of hydrogen-bond donors (Lipinski definition) is 1. The van der Waals surface area contributed by atoms with Crippen molar-refractivity contribution in [2.75, 3.05) is 13.6 Å². The molecule has 0 rings (SSSR count).